The third kappa shape index (κ3) is 6.37. The molecule has 2 aromatic rings. The number of benzene rings is 2. The van der Waals surface area contributed by atoms with Crippen molar-refractivity contribution in [2.75, 3.05) is 13.7 Å². The number of hydrogen-bond acceptors (Lipinski definition) is 4. The molecule has 2 rings (SSSR count). The number of primary amides is 1. The molecule has 168 valence electrons. The van der Waals surface area contributed by atoms with Gasteiger partial charge in [-0.05, 0) is 41.5 Å². The zero-order chi connectivity index (χ0) is 23.1. The fourth-order valence-corrected chi connectivity index (χ4v) is 3.53. The topological polar surface area (TPSA) is 90.6 Å². The van der Waals surface area contributed by atoms with Crippen LogP contribution >= 0.6 is 11.6 Å². The van der Waals surface area contributed by atoms with E-state index in [1.807, 2.05) is 0 Å². The van der Waals surface area contributed by atoms with Crippen LogP contribution in [0.15, 0.2) is 36.4 Å². The summed E-state index contributed by atoms with van der Waals surface area (Å²) in [6.07, 6.45) is 1.07. The Morgan fingerprint density at radius 2 is 1.71 bits per heavy atom. The van der Waals surface area contributed by atoms with Crippen molar-refractivity contribution >= 4 is 23.4 Å². The van der Waals surface area contributed by atoms with Crippen LogP contribution in [0.25, 0.3) is 0 Å². The molecule has 2 amide bonds. The fourth-order valence-electron chi connectivity index (χ4n) is 3.26. The summed E-state index contributed by atoms with van der Waals surface area (Å²) >= 11 is 6.28. The number of methoxy groups -OCH3 is 1. The van der Waals surface area contributed by atoms with Crippen LogP contribution in [0.5, 0.6) is 11.5 Å². The van der Waals surface area contributed by atoms with E-state index in [2.05, 4.69) is 57.3 Å². The summed E-state index contributed by atoms with van der Waals surface area (Å²) in [6.45, 7) is 8.14. The number of carbonyl (C=O) groups excluding carboxylic acids is 2. The zero-order valence-electron chi connectivity index (χ0n) is 18.7. The van der Waals surface area contributed by atoms with E-state index < -0.39 is 5.91 Å². The van der Waals surface area contributed by atoms with Crippen LogP contribution in [-0.2, 0) is 4.79 Å². The van der Waals surface area contributed by atoms with E-state index in [1.165, 1.54) is 24.8 Å². The van der Waals surface area contributed by atoms with Gasteiger partial charge in [-0.2, -0.15) is 0 Å². The number of carbonyl (C=O) groups is 2. The maximum Gasteiger partial charge on any atom is 0.255 e. The van der Waals surface area contributed by atoms with E-state index in [1.54, 1.807) is 0 Å². The maximum absolute atomic E-state index is 13.0. The SMILES string of the molecule is CCC(C)c1ccc(C(NC(=O)c2cc(Cl)c(OCC(N)=O)c(OC)c2)C(C)C)cc1. The second-order valence-electron chi connectivity index (χ2n) is 7.92. The number of amides is 2. The molecule has 0 bridgehead atoms. The normalized spacial score (nSPS) is 12.9. The lowest BCUT2D eigenvalue weighted by Crippen LogP contribution is -2.31. The third-order valence-electron chi connectivity index (χ3n) is 5.28. The largest absolute Gasteiger partial charge is 0.493 e. The number of hydrogen-bond donors (Lipinski definition) is 2. The minimum absolute atomic E-state index is 0.157. The minimum atomic E-state index is -0.640. The molecule has 2 atom stereocenters. The van der Waals surface area contributed by atoms with Crippen LogP contribution in [0.2, 0.25) is 5.02 Å². The highest BCUT2D eigenvalue weighted by Crippen LogP contribution is 2.36. The van der Waals surface area contributed by atoms with Crippen molar-refractivity contribution < 1.29 is 19.1 Å². The number of rotatable bonds is 10. The van der Waals surface area contributed by atoms with Crippen molar-refractivity contribution in [1.82, 2.24) is 5.32 Å². The van der Waals surface area contributed by atoms with Gasteiger partial charge in [-0.3, -0.25) is 9.59 Å². The first kappa shape index (κ1) is 24.5. The molecule has 0 saturated carbocycles. The summed E-state index contributed by atoms with van der Waals surface area (Å²) < 4.78 is 10.6. The van der Waals surface area contributed by atoms with Crippen LogP contribution < -0.4 is 20.5 Å². The Bertz CT molecular complexity index is 913. The monoisotopic (exact) mass is 446 g/mol. The summed E-state index contributed by atoms with van der Waals surface area (Å²) in [5, 5.41) is 3.25. The lowest BCUT2D eigenvalue weighted by atomic mass is 9.92. The molecule has 7 heteroatoms. The van der Waals surface area contributed by atoms with Gasteiger partial charge in [0, 0.05) is 5.56 Å². The Morgan fingerprint density at radius 3 is 2.23 bits per heavy atom. The van der Waals surface area contributed by atoms with Crippen molar-refractivity contribution in [3.63, 3.8) is 0 Å². The predicted molar refractivity (Wildman–Crippen MR) is 123 cm³/mol. The van der Waals surface area contributed by atoms with Gasteiger partial charge >= 0.3 is 0 Å². The average Bonchev–Trinajstić information content (AvgIpc) is 2.75. The Morgan fingerprint density at radius 1 is 1.10 bits per heavy atom. The highest BCUT2D eigenvalue weighted by Gasteiger charge is 2.22. The first-order valence-electron chi connectivity index (χ1n) is 10.4. The van der Waals surface area contributed by atoms with E-state index in [0.29, 0.717) is 11.5 Å². The molecule has 2 aromatic carbocycles. The van der Waals surface area contributed by atoms with E-state index >= 15 is 0 Å². The Labute approximate surface area is 189 Å². The molecule has 0 fully saturated rings. The highest BCUT2D eigenvalue weighted by molar-refractivity contribution is 6.32. The van der Waals surface area contributed by atoms with Crippen molar-refractivity contribution in [1.29, 1.82) is 0 Å². The molecule has 0 aromatic heterocycles. The molecule has 0 radical (unpaired) electrons. The minimum Gasteiger partial charge on any atom is -0.493 e. The van der Waals surface area contributed by atoms with E-state index in [9.17, 15) is 9.59 Å². The quantitative estimate of drug-likeness (QED) is 0.545. The molecule has 6 nitrogen and oxygen atoms in total. The Hall–Kier alpha value is -2.73. The van der Waals surface area contributed by atoms with Crippen molar-refractivity contribution in [2.24, 2.45) is 11.7 Å². The van der Waals surface area contributed by atoms with Gasteiger partial charge < -0.3 is 20.5 Å². The van der Waals surface area contributed by atoms with Crippen molar-refractivity contribution in [3.8, 4) is 11.5 Å². The molecule has 0 aliphatic carbocycles. The summed E-state index contributed by atoms with van der Waals surface area (Å²) in [7, 11) is 1.43. The smallest absolute Gasteiger partial charge is 0.255 e. The van der Waals surface area contributed by atoms with Crippen LogP contribution in [0.4, 0.5) is 0 Å². The van der Waals surface area contributed by atoms with Gasteiger partial charge in [0.25, 0.3) is 11.8 Å². The number of nitrogens with two attached hydrogens (primary N) is 1. The van der Waals surface area contributed by atoms with E-state index in [4.69, 9.17) is 26.8 Å². The van der Waals surface area contributed by atoms with Crippen molar-refractivity contribution in [2.45, 2.75) is 46.1 Å². The molecule has 0 spiro atoms. The summed E-state index contributed by atoms with van der Waals surface area (Å²) in [5.74, 6) is 0.156. The molecule has 0 aliphatic rings. The van der Waals surface area contributed by atoms with Crippen molar-refractivity contribution in [3.05, 3.63) is 58.1 Å². The van der Waals surface area contributed by atoms with Gasteiger partial charge in [0.1, 0.15) is 0 Å². The fraction of sp³-hybridized carbons (Fsp3) is 0.417. The zero-order valence-corrected chi connectivity index (χ0v) is 19.5. The molecule has 31 heavy (non-hydrogen) atoms. The van der Waals surface area contributed by atoms with Gasteiger partial charge in [-0.15, -0.1) is 0 Å². The van der Waals surface area contributed by atoms with Gasteiger partial charge in [0.05, 0.1) is 18.2 Å². The second-order valence-corrected chi connectivity index (χ2v) is 8.32. The van der Waals surface area contributed by atoms with Gasteiger partial charge in [-0.25, -0.2) is 0 Å². The molecule has 0 aliphatic heterocycles. The second kappa shape index (κ2) is 11.0. The molecular formula is C24H31ClN2O4. The molecule has 2 unspecified atom stereocenters. The van der Waals surface area contributed by atoms with Gasteiger partial charge in [-0.1, -0.05) is 63.6 Å². The van der Waals surface area contributed by atoms with E-state index in [0.717, 1.165) is 12.0 Å². The van der Waals surface area contributed by atoms with Crippen LogP contribution in [0.3, 0.4) is 0 Å². The Balaban J connectivity index is 2.26. The van der Waals surface area contributed by atoms with E-state index in [-0.39, 0.29) is 41.0 Å². The van der Waals surface area contributed by atoms with Gasteiger partial charge in [0.2, 0.25) is 0 Å². The molecule has 3 N–H and O–H groups in total. The lowest BCUT2D eigenvalue weighted by molar-refractivity contribution is -0.119. The number of nitrogens with one attached hydrogen (secondary N) is 1. The number of halogens is 1. The summed E-state index contributed by atoms with van der Waals surface area (Å²) in [4.78, 5) is 24.0. The predicted octanol–water partition coefficient (Wildman–Crippen LogP) is 4.85. The standard InChI is InChI=1S/C24H31ClN2O4/c1-6-15(4)16-7-9-17(10-8-16)22(14(2)3)27-24(29)18-11-19(25)23(20(12-18)30-5)31-13-21(26)28/h7-12,14-15,22H,6,13H2,1-5H3,(H2,26,28)(H,27,29). The first-order chi connectivity index (χ1) is 14.7. The average molecular weight is 447 g/mol. The molecule has 0 heterocycles. The Kier molecular flexibility index (Phi) is 8.75. The third-order valence-corrected chi connectivity index (χ3v) is 5.56. The highest BCUT2D eigenvalue weighted by atomic mass is 35.5. The maximum atomic E-state index is 13.0. The molecule has 0 saturated heterocycles. The first-order valence-corrected chi connectivity index (χ1v) is 10.7. The summed E-state index contributed by atoms with van der Waals surface area (Å²) in [5.41, 5.74) is 7.77. The van der Waals surface area contributed by atoms with Crippen LogP contribution in [-0.4, -0.2) is 25.5 Å². The summed E-state index contributed by atoms with van der Waals surface area (Å²) in [6, 6.07) is 11.2. The molecular weight excluding hydrogens is 416 g/mol. The van der Waals surface area contributed by atoms with Crippen LogP contribution in [0.1, 0.15) is 67.6 Å². The van der Waals surface area contributed by atoms with Crippen LogP contribution in [0, 0.1) is 5.92 Å². The lowest BCUT2D eigenvalue weighted by Gasteiger charge is -2.24. The van der Waals surface area contributed by atoms with Gasteiger partial charge in [0.15, 0.2) is 18.1 Å². The number of ether oxygens (including phenoxy) is 2.